The standard InChI is InChI=1S/C16H16BrN5O2S/c1-10-19-16(21-20-10)25-7-5-18-15(24)9-22-6-4-14(23)12-8-11(17)2-3-13(12)22/h2-4,6,8H,5,7,9H2,1H3,(H,18,24)(H,19,20,21). The van der Waals surface area contributed by atoms with Crippen LogP contribution >= 0.6 is 27.7 Å². The zero-order valence-electron chi connectivity index (χ0n) is 13.5. The van der Waals surface area contributed by atoms with Crippen molar-refractivity contribution >= 4 is 44.5 Å². The first-order valence-corrected chi connectivity index (χ1v) is 9.38. The van der Waals surface area contributed by atoms with Crippen LogP contribution in [0.2, 0.25) is 0 Å². The first-order chi connectivity index (χ1) is 12.0. The summed E-state index contributed by atoms with van der Waals surface area (Å²) in [5, 5.41) is 10.9. The number of H-pyrrole nitrogens is 1. The van der Waals surface area contributed by atoms with Crippen LogP contribution in [0, 0.1) is 6.92 Å². The van der Waals surface area contributed by atoms with E-state index in [1.807, 2.05) is 19.1 Å². The van der Waals surface area contributed by atoms with E-state index in [1.54, 1.807) is 16.8 Å². The fourth-order valence-corrected chi connectivity index (χ4v) is 3.41. The van der Waals surface area contributed by atoms with Gasteiger partial charge in [0.05, 0.1) is 5.52 Å². The van der Waals surface area contributed by atoms with Gasteiger partial charge < -0.3 is 9.88 Å². The Kier molecular flexibility index (Phi) is 5.54. The average Bonchev–Trinajstić information content (AvgIpc) is 3.00. The van der Waals surface area contributed by atoms with E-state index >= 15 is 0 Å². The Morgan fingerprint density at radius 3 is 3.00 bits per heavy atom. The van der Waals surface area contributed by atoms with Crippen LogP contribution in [-0.2, 0) is 11.3 Å². The van der Waals surface area contributed by atoms with Crippen molar-refractivity contribution in [2.24, 2.45) is 0 Å². The summed E-state index contributed by atoms with van der Waals surface area (Å²) in [6.07, 6.45) is 1.64. The predicted octanol–water partition coefficient (Wildman–Crippen LogP) is 2.10. The SMILES string of the molecule is Cc1nc(SCCNC(=O)Cn2ccc(=O)c3cc(Br)ccc32)n[nH]1. The lowest BCUT2D eigenvalue weighted by Gasteiger charge is -2.11. The van der Waals surface area contributed by atoms with Crippen molar-refractivity contribution in [1.29, 1.82) is 0 Å². The number of nitrogens with one attached hydrogen (secondary N) is 2. The predicted molar refractivity (Wildman–Crippen MR) is 101 cm³/mol. The number of aromatic amines is 1. The van der Waals surface area contributed by atoms with Crippen molar-refractivity contribution in [3.8, 4) is 0 Å². The molecule has 1 amide bonds. The maximum atomic E-state index is 12.2. The first kappa shape index (κ1) is 17.7. The number of pyridine rings is 1. The van der Waals surface area contributed by atoms with E-state index < -0.39 is 0 Å². The summed E-state index contributed by atoms with van der Waals surface area (Å²) in [5.41, 5.74) is 0.669. The molecule has 3 aromatic rings. The van der Waals surface area contributed by atoms with Crippen LogP contribution in [0.5, 0.6) is 0 Å². The number of halogens is 1. The largest absolute Gasteiger partial charge is 0.354 e. The minimum absolute atomic E-state index is 0.0637. The van der Waals surface area contributed by atoms with Gasteiger partial charge in [-0.15, -0.1) is 5.10 Å². The van der Waals surface area contributed by atoms with Crippen LogP contribution in [-0.4, -0.2) is 38.0 Å². The molecule has 7 nitrogen and oxygen atoms in total. The van der Waals surface area contributed by atoms with Crippen LogP contribution in [0.3, 0.4) is 0 Å². The lowest BCUT2D eigenvalue weighted by Crippen LogP contribution is -2.29. The molecule has 0 saturated carbocycles. The minimum Gasteiger partial charge on any atom is -0.354 e. The van der Waals surface area contributed by atoms with Gasteiger partial charge in [0.15, 0.2) is 5.43 Å². The van der Waals surface area contributed by atoms with E-state index in [0.717, 1.165) is 15.8 Å². The minimum atomic E-state index is -0.111. The molecule has 0 saturated heterocycles. The molecule has 2 heterocycles. The molecular formula is C16H16BrN5O2S. The number of rotatable bonds is 6. The molecule has 0 spiro atoms. The van der Waals surface area contributed by atoms with E-state index in [9.17, 15) is 9.59 Å². The number of carbonyl (C=O) groups is 1. The third kappa shape index (κ3) is 4.49. The molecule has 2 aromatic heterocycles. The Bertz CT molecular complexity index is 969. The Balaban J connectivity index is 1.58. The van der Waals surface area contributed by atoms with Gasteiger partial charge in [-0.1, -0.05) is 27.7 Å². The van der Waals surface area contributed by atoms with Crippen LogP contribution < -0.4 is 10.7 Å². The van der Waals surface area contributed by atoms with Crippen molar-refractivity contribution in [2.45, 2.75) is 18.6 Å². The highest BCUT2D eigenvalue weighted by molar-refractivity contribution is 9.10. The maximum Gasteiger partial charge on any atom is 0.239 e. The number of amides is 1. The summed E-state index contributed by atoms with van der Waals surface area (Å²) < 4.78 is 2.60. The Hall–Kier alpha value is -2.13. The summed E-state index contributed by atoms with van der Waals surface area (Å²) >= 11 is 4.84. The molecule has 9 heteroatoms. The van der Waals surface area contributed by atoms with Crippen LogP contribution in [0.25, 0.3) is 10.9 Å². The van der Waals surface area contributed by atoms with Gasteiger partial charge in [-0.25, -0.2) is 4.98 Å². The zero-order chi connectivity index (χ0) is 17.8. The number of benzene rings is 1. The molecule has 0 atom stereocenters. The van der Waals surface area contributed by atoms with Gasteiger partial charge in [0.1, 0.15) is 12.4 Å². The number of fused-ring (bicyclic) bond motifs is 1. The molecule has 2 N–H and O–H groups in total. The molecular weight excluding hydrogens is 406 g/mol. The van der Waals surface area contributed by atoms with Crippen molar-refractivity contribution in [1.82, 2.24) is 25.1 Å². The molecule has 0 bridgehead atoms. The summed E-state index contributed by atoms with van der Waals surface area (Å²) in [7, 11) is 0. The molecule has 3 rings (SSSR count). The Morgan fingerprint density at radius 1 is 1.40 bits per heavy atom. The fraction of sp³-hybridized carbons (Fsp3) is 0.250. The lowest BCUT2D eigenvalue weighted by molar-refractivity contribution is -0.121. The smallest absolute Gasteiger partial charge is 0.239 e. The van der Waals surface area contributed by atoms with Gasteiger partial charge in [-0.3, -0.25) is 14.7 Å². The number of hydrogen-bond donors (Lipinski definition) is 2. The second-order valence-corrected chi connectivity index (χ2v) is 7.35. The molecule has 0 fully saturated rings. The summed E-state index contributed by atoms with van der Waals surface area (Å²) in [5.74, 6) is 1.34. The average molecular weight is 422 g/mol. The molecule has 0 aliphatic carbocycles. The summed E-state index contributed by atoms with van der Waals surface area (Å²) in [4.78, 5) is 28.3. The number of carbonyl (C=O) groups excluding carboxylic acids is 1. The molecule has 25 heavy (non-hydrogen) atoms. The molecule has 130 valence electrons. The fourth-order valence-electron chi connectivity index (χ4n) is 2.35. The van der Waals surface area contributed by atoms with E-state index in [2.05, 4.69) is 36.4 Å². The van der Waals surface area contributed by atoms with Crippen molar-refractivity contribution in [3.05, 3.63) is 51.0 Å². The van der Waals surface area contributed by atoms with Crippen molar-refractivity contribution in [2.75, 3.05) is 12.3 Å². The highest BCUT2D eigenvalue weighted by Gasteiger charge is 2.08. The lowest BCUT2D eigenvalue weighted by atomic mass is 10.2. The molecule has 0 radical (unpaired) electrons. The highest BCUT2D eigenvalue weighted by Crippen LogP contribution is 2.17. The summed E-state index contributed by atoms with van der Waals surface area (Å²) in [6, 6.07) is 6.92. The van der Waals surface area contributed by atoms with Gasteiger partial charge in [-0.2, -0.15) is 0 Å². The van der Waals surface area contributed by atoms with Crippen molar-refractivity contribution in [3.63, 3.8) is 0 Å². The quantitative estimate of drug-likeness (QED) is 0.469. The van der Waals surface area contributed by atoms with E-state index in [4.69, 9.17) is 0 Å². The number of hydrogen-bond acceptors (Lipinski definition) is 5. The number of aromatic nitrogens is 4. The maximum absolute atomic E-state index is 12.2. The zero-order valence-corrected chi connectivity index (χ0v) is 15.9. The van der Waals surface area contributed by atoms with Crippen molar-refractivity contribution < 1.29 is 4.79 Å². The topological polar surface area (TPSA) is 92.7 Å². The van der Waals surface area contributed by atoms with Gasteiger partial charge in [0.25, 0.3) is 0 Å². The second-order valence-electron chi connectivity index (χ2n) is 5.37. The van der Waals surface area contributed by atoms with E-state index in [1.165, 1.54) is 17.8 Å². The monoisotopic (exact) mass is 421 g/mol. The van der Waals surface area contributed by atoms with Crippen LogP contribution in [0.15, 0.2) is 44.9 Å². The number of nitrogens with zero attached hydrogens (tertiary/aromatic N) is 3. The number of thioether (sulfide) groups is 1. The molecule has 1 aromatic carbocycles. The first-order valence-electron chi connectivity index (χ1n) is 7.60. The molecule has 0 unspecified atom stereocenters. The molecule has 0 aliphatic heterocycles. The molecule has 0 aliphatic rings. The Morgan fingerprint density at radius 2 is 2.24 bits per heavy atom. The second kappa shape index (κ2) is 7.83. The Labute approximate surface area is 156 Å². The third-order valence-electron chi connectivity index (χ3n) is 3.49. The van der Waals surface area contributed by atoms with Crippen LogP contribution in [0.4, 0.5) is 0 Å². The highest BCUT2D eigenvalue weighted by atomic mass is 79.9. The van der Waals surface area contributed by atoms with E-state index in [0.29, 0.717) is 22.8 Å². The van der Waals surface area contributed by atoms with E-state index in [-0.39, 0.29) is 17.9 Å². The van der Waals surface area contributed by atoms with Gasteiger partial charge >= 0.3 is 0 Å². The van der Waals surface area contributed by atoms with Gasteiger partial charge in [0.2, 0.25) is 11.1 Å². The summed E-state index contributed by atoms with van der Waals surface area (Å²) in [6.45, 7) is 2.51. The van der Waals surface area contributed by atoms with Gasteiger partial charge in [0, 0.05) is 34.4 Å². The normalized spacial score (nSPS) is 11.0. The third-order valence-corrected chi connectivity index (χ3v) is 4.83. The number of aryl methyl sites for hydroxylation is 1. The van der Waals surface area contributed by atoms with Gasteiger partial charge in [-0.05, 0) is 25.1 Å². The van der Waals surface area contributed by atoms with Crippen LogP contribution in [0.1, 0.15) is 5.82 Å².